The Morgan fingerprint density at radius 1 is 0.970 bits per heavy atom. The number of rotatable bonds is 6. The van der Waals surface area contributed by atoms with E-state index < -0.39 is 17.7 Å². The topological polar surface area (TPSA) is 77.8 Å². The number of benzene rings is 3. The van der Waals surface area contributed by atoms with Gasteiger partial charge in [0.15, 0.2) is 11.5 Å². The first kappa shape index (κ1) is 22.6. The molecule has 2 N–H and O–H groups in total. The Bertz CT molecular complexity index is 1270. The number of ketones is 1. The summed E-state index contributed by atoms with van der Waals surface area (Å²) in [5, 5.41) is 20.8. The molecule has 6 heteroatoms. The third-order valence-corrected chi connectivity index (χ3v) is 6.35. The molecule has 0 saturated carbocycles. The molecule has 0 aromatic heterocycles. The van der Waals surface area contributed by atoms with E-state index in [0.29, 0.717) is 17.7 Å². The molecule has 4 rings (SSSR count). The Hall–Kier alpha value is -3.57. The fourth-order valence-corrected chi connectivity index (χ4v) is 4.27. The maximum Gasteiger partial charge on any atom is 0.294 e. The number of hydrogen-bond acceptors (Lipinski definition) is 4. The Morgan fingerprint density at radius 2 is 1.70 bits per heavy atom. The summed E-state index contributed by atoms with van der Waals surface area (Å²) < 4.78 is 0. The lowest BCUT2D eigenvalue weighted by molar-refractivity contribution is -0.118. The Morgan fingerprint density at radius 3 is 2.36 bits per heavy atom. The monoisotopic (exact) mass is 461 g/mol. The van der Waals surface area contributed by atoms with Gasteiger partial charge in [-0.3, -0.25) is 14.5 Å². The van der Waals surface area contributed by atoms with Crippen LogP contribution in [0.4, 0.5) is 5.69 Å². The van der Waals surface area contributed by atoms with Crippen LogP contribution < -0.4 is 4.90 Å². The van der Waals surface area contributed by atoms with Gasteiger partial charge in [-0.05, 0) is 66.8 Å². The van der Waals surface area contributed by atoms with Crippen LogP contribution in [0.15, 0.2) is 78.1 Å². The van der Waals surface area contributed by atoms with Crippen molar-refractivity contribution in [1.82, 2.24) is 0 Å². The first-order valence-corrected chi connectivity index (χ1v) is 11.0. The van der Waals surface area contributed by atoms with Crippen molar-refractivity contribution in [2.45, 2.75) is 32.7 Å². The highest BCUT2D eigenvalue weighted by atomic mass is 35.5. The molecule has 1 atom stereocenters. The van der Waals surface area contributed by atoms with Crippen molar-refractivity contribution in [3.8, 4) is 5.75 Å². The Balaban J connectivity index is 1.77. The van der Waals surface area contributed by atoms with Gasteiger partial charge in [-0.1, -0.05) is 54.1 Å². The third-order valence-electron chi connectivity index (χ3n) is 6.05. The molecule has 0 aliphatic carbocycles. The van der Waals surface area contributed by atoms with Crippen molar-refractivity contribution >= 4 is 29.0 Å². The van der Waals surface area contributed by atoms with Crippen LogP contribution >= 0.6 is 11.6 Å². The number of aliphatic hydroxyl groups excluding tert-OH is 1. The lowest BCUT2D eigenvalue weighted by atomic mass is 9.93. The molecule has 33 heavy (non-hydrogen) atoms. The van der Waals surface area contributed by atoms with Crippen LogP contribution in [0.5, 0.6) is 5.75 Å². The summed E-state index contributed by atoms with van der Waals surface area (Å²) in [5.41, 5.74) is 4.16. The van der Waals surface area contributed by atoms with Gasteiger partial charge in [-0.15, -0.1) is 0 Å². The van der Waals surface area contributed by atoms with Gasteiger partial charge in [0.05, 0.1) is 16.6 Å². The minimum absolute atomic E-state index is 0.0379. The molecular formula is C27H24ClNO4. The van der Waals surface area contributed by atoms with E-state index in [2.05, 4.69) is 0 Å². The lowest BCUT2D eigenvalue weighted by Crippen LogP contribution is -2.31. The van der Waals surface area contributed by atoms with Gasteiger partial charge in [0.25, 0.3) is 5.91 Å². The molecule has 0 spiro atoms. The number of Topliss-reactive ketones (excluding diaryl/α,β-unsaturated/α-hetero) is 1. The molecule has 168 valence electrons. The van der Waals surface area contributed by atoms with Gasteiger partial charge >= 0.3 is 0 Å². The SMILES string of the molecule is Cc1ccc(N2C(=O)C(O)=C(C(=O)CCc3ccccc3)C2c2ccc(O)c(Cl)c2)cc1C. The first-order chi connectivity index (χ1) is 15.8. The first-order valence-electron chi connectivity index (χ1n) is 10.7. The molecule has 1 amide bonds. The van der Waals surface area contributed by atoms with E-state index in [1.807, 2.05) is 56.3 Å². The van der Waals surface area contributed by atoms with E-state index in [4.69, 9.17) is 11.6 Å². The number of amides is 1. The molecule has 5 nitrogen and oxygen atoms in total. The van der Waals surface area contributed by atoms with Crippen molar-refractivity contribution < 1.29 is 19.8 Å². The number of hydrogen-bond donors (Lipinski definition) is 2. The molecule has 3 aromatic rings. The van der Waals surface area contributed by atoms with Crippen molar-refractivity contribution in [3.63, 3.8) is 0 Å². The van der Waals surface area contributed by atoms with Gasteiger partial charge in [0, 0.05) is 12.1 Å². The summed E-state index contributed by atoms with van der Waals surface area (Å²) in [5.74, 6) is -1.62. The predicted octanol–water partition coefficient (Wildman–Crippen LogP) is 5.76. The van der Waals surface area contributed by atoms with E-state index in [-0.39, 0.29) is 28.5 Å². The van der Waals surface area contributed by atoms with Gasteiger partial charge in [-0.2, -0.15) is 0 Å². The highest BCUT2D eigenvalue weighted by molar-refractivity contribution is 6.32. The van der Waals surface area contributed by atoms with Crippen molar-refractivity contribution in [1.29, 1.82) is 0 Å². The molecule has 1 unspecified atom stereocenters. The third kappa shape index (κ3) is 4.37. The zero-order chi connectivity index (χ0) is 23.7. The normalized spacial score (nSPS) is 15.9. The summed E-state index contributed by atoms with van der Waals surface area (Å²) in [6.45, 7) is 3.90. The number of carbonyl (C=O) groups excluding carboxylic acids is 2. The molecule has 3 aromatic carbocycles. The number of aliphatic hydroxyl groups is 1. The summed E-state index contributed by atoms with van der Waals surface area (Å²) >= 11 is 6.16. The standard InChI is InChI=1S/C27H24ClNO4/c1-16-8-11-20(14-17(16)2)29-25(19-10-13-22(30)21(28)15-19)24(26(32)27(29)33)23(31)12-9-18-6-4-3-5-7-18/h3-8,10-11,13-15,25,30,32H,9,12H2,1-2H3. The number of phenolic OH excluding ortho intramolecular Hbond substituents is 1. The molecular weight excluding hydrogens is 438 g/mol. The summed E-state index contributed by atoms with van der Waals surface area (Å²) in [4.78, 5) is 28.0. The van der Waals surface area contributed by atoms with Crippen molar-refractivity contribution in [2.75, 3.05) is 4.90 Å². The van der Waals surface area contributed by atoms with Gasteiger partial charge < -0.3 is 10.2 Å². The zero-order valence-electron chi connectivity index (χ0n) is 18.4. The molecule has 0 fully saturated rings. The van der Waals surface area contributed by atoms with Crippen LogP contribution in [0.3, 0.4) is 0 Å². The maximum atomic E-state index is 13.3. The second-order valence-electron chi connectivity index (χ2n) is 8.23. The Labute approximate surface area is 197 Å². The fourth-order valence-electron chi connectivity index (χ4n) is 4.08. The van der Waals surface area contributed by atoms with Crippen molar-refractivity contribution in [2.24, 2.45) is 0 Å². The van der Waals surface area contributed by atoms with E-state index >= 15 is 0 Å². The summed E-state index contributed by atoms with van der Waals surface area (Å²) in [7, 11) is 0. The molecule has 1 aliphatic heterocycles. The second kappa shape index (κ2) is 9.12. The van der Waals surface area contributed by atoms with Crippen LogP contribution in [-0.2, 0) is 16.0 Å². The van der Waals surface area contributed by atoms with Crippen LogP contribution in [-0.4, -0.2) is 21.9 Å². The number of halogens is 1. The Kier molecular flexibility index (Phi) is 6.25. The molecule has 1 aliphatic rings. The van der Waals surface area contributed by atoms with Gasteiger partial charge in [0.1, 0.15) is 5.75 Å². The van der Waals surface area contributed by atoms with E-state index in [1.165, 1.54) is 17.0 Å². The quantitative estimate of drug-likeness (QED) is 0.489. The highest BCUT2D eigenvalue weighted by Crippen LogP contribution is 2.43. The summed E-state index contributed by atoms with van der Waals surface area (Å²) in [6.07, 6.45) is 0.622. The highest BCUT2D eigenvalue weighted by Gasteiger charge is 2.44. The van der Waals surface area contributed by atoms with Gasteiger partial charge in [-0.25, -0.2) is 0 Å². The predicted molar refractivity (Wildman–Crippen MR) is 129 cm³/mol. The van der Waals surface area contributed by atoms with E-state index in [9.17, 15) is 19.8 Å². The molecule has 0 bridgehead atoms. The number of aryl methyl sites for hydroxylation is 3. The number of aromatic hydroxyl groups is 1. The molecule has 0 radical (unpaired) electrons. The van der Waals surface area contributed by atoms with Crippen LogP contribution in [0.2, 0.25) is 5.02 Å². The number of anilines is 1. The maximum absolute atomic E-state index is 13.3. The summed E-state index contributed by atoms with van der Waals surface area (Å²) in [6, 6.07) is 18.8. The van der Waals surface area contributed by atoms with Crippen LogP contribution in [0, 0.1) is 13.8 Å². The lowest BCUT2D eigenvalue weighted by Gasteiger charge is -2.27. The van der Waals surface area contributed by atoms with Gasteiger partial charge in [0.2, 0.25) is 0 Å². The van der Waals surface area contributed by atoms with Crippen LogP contribution in [0.1, 0.15) is 34.7 Å². The average Bonchev–Trinajstić information content (AvgIpc) is 3.07. The number of nitrogens with zero attached hydrogens (tertiary/aromatic N) is 1. The molecule has 0 saturated heterocycles. The second-order valence-corrected chi connectivity index (χ2v) is 8.64. The number of carbonyl (C=O) groups is 2. The van der Waals surface area contributed by atoms with E-state index in [1.54, 1.807) is 12.1 Å². The molecule has 1 heterocycles. The minimum Gasteiger partial charge on any atom is -0.506 e. The van der Waals surface area contributed by atoms with Crippen molar-refractivity contribution in [3.05, 3.63) is 105 Å². The smallest absolute Gasteiger partial charge is 0.294 e. The number of phenols is 1. The largest absolute Gasteiger partial charge is 0.506 e. The zero-order valence-corrected chi connectivity index (χ0v) is 19.1. The van der Waals surface area contributed by atoms with Crippen LogP contribution in [0.25, 0.3) is 0 Å². The average molecular weight is 462 g/mol. The fraction of sp³-hybridized carbons (Fsp3) is 0.185. The van der Waals surface area contributed by atoms with E-state index in [0.717, 1.165) is 16.7 Å². The minimum atomic E-state index is -0.860.